The van der Waals surface area contributed by atoms with Crippen LogP contribution < -0.4 is 10.0 Å². The van der Waals surface area contributed by atoms with Gasteiger partial charge in [0.2, 0.25) is 10.0 Å². The molecule has 0 radical (unpaired) electrons. The zero-order valence-electron chi connectivity index (χ0n) is 13.7. The molecule has 2 N–H and O–H groups in total. The maximum absolute atomic E-state index is 11.7. The van der Waals surface area contributed by atoms with Gasteiger partial charge in [0, 0.05) is 6.04 Å². The van der Waals surface area contributed by atoms with E-state index >= 15 is 0 Å². The fourth-order valence-electron chi connectivity index (χ4n) is 2.16. The molecule has 1 atom stereocenters. The maximum atomic E-state index is 11.7. The lowest BCUT2D eigenvalue weighted by molar-refractivity contribution is 0.267. The Hall–Kier alpha value is -0.910. The van der Waals surface area contributed by atoms with Crippen LogP contribution in [0, 0.1) is 5.41 Å². The molecule has 1 rings (SSSR count). The lowest BCUT2D eigenvalue weighted by Gasteiger charge is -2.32. The normalized spacial score (nSPS) is 14.1. The quantitative estimate of drug-likeness (QED) is 0.813. The van der Waals surface area contributed by atoms with Crippen LogP contribution in [0.5, 0.6) is 0 Å². The van der Waals surface area contributed by atoms with Crippen LogP contribution in [0.1, 0.15) is 39.7 Å². The summed E-state index contributed by atoms with van der Waals surface area (Å²) in [4.78, 5) is 0.308. The van der Waals surface area contributed by atoms with Crippen LogP contribution in [0.4, 0.5) is 0 Å². The average Bonchev–Trinajstić information content (AvgIpc) is 2.42. The molecule has 0 aliphatic carbocycles. The Balaban J connectivity index is 2.86. The molecule has 0 fully saturated rings. The molecule has 0 aliphatic rings. The summed E-state index contributed by atoms with van der Waals surface area (Å²) < 4.78 is 25.8. The Bertz CT molecular complexity index is 530. The minimum Gasteiger partial charge on any atom is -0.313 e. The van der Waals surface area contributed by atoms with Gasteiger partial charge >= 0.3 is 0 Å². The van der Waals surface area contributed by atoms with Gasteiger partial charge in [-0.3, -0.25) is 0 Å². The summed E-state index contributed by atoms with van der Waals surface area (Å²) >= 11 is 0. The first-order valence-corrected chi connectivity index (χ1v) is 8.95. The lowest BCUT2D eigenvalue weighted by atomic mass is 9.83. The van der Waals surface area contributed by atoms with Crippen molar-refractivity contribution in [2.45, 2.75) is 51.5 Å². The number of hydrogen-bond acceptors (Lipinski definition) is 3. The smallest absolute Gasteiger partial charge is 0.240 e. The molecule has 1 aromatic rings. The van der Waals surface area contributed by atoms with E-state index in [-0.39, 0.29) is 5.41 Å². The van der Waals surface area contributed by atoms with Crippen LogP contribution in [0.25, 0.3) is 0 Å². The zero-order valence-corrected chi connectivity index (χ0v) is 14.5. The molecule has 21 heavy (non-hydrogen) atoms. The molecule has 0 amide bonds. The summed E-state index contributed by atoms with van der Waals surface area (Å²) in [5.74, 6) is 0. The molecule has 1 aromatic carbocycles. The topological polar surface area (TPSA) is 58.2 Å². The molecule has 4 nitrogen and oxygen atoms in total. The van der Waals surface area contributed by atoms with Gasteiger partial charge in [0.1, 0.15) is 0 Å². The third-order valence-electron chi connectivity index (χ3n) is 3.63. The van der Waals surface area contributed by atoms with E-state index in [0.717, 1.165) is 24.9 Å². The van der Waals surface area contributed by atoms with Gasteiger partial charge in [-0.25, -0.2) is 13.1 Å². The molecule has 0 saturated heterocycles. The summed E-state index contributed by atoms with van der Waals surface area (Å²) in [6.45, 7) is 9.82. The standard InChI is InChI=1S/C16H28N2O2S/c1-6-11-18-15(16(2,3)4)12-13-7-9-14(10-8-13)21(19,20)17-5/h7-10,15,17-18H,6,11-12H2,1-5H3. The maximum Gasteiger partial charge on any atom is 0.240 e. The highest BCUT2D eigenvalue weighted by atomic mass is 32.2. The average molecular weight is 312 g/mol. The van der Waals surface area contributed by atoms with Crippen molar-refractivity contribution in [1.29, 1.82) is 0 Å². The second kappa shape index (κ2) is 7.38. The molecule has 1 unspecified atom stereocenters. The Morgan fingerprint density at radius 2 is 1.71 bits per heavy atom. The summed E-state index contributed by atoms with van der Waals surface area (Å²) in [5, 5.41) is 3.58. The third kappa shape index (κ3) is 5.41. The molecule has 0 saturated carbocycles. The van der Waals surface area contributed by atoms with Crippen LogP contribution in [0.3, 0.4) is 0 Å². The second-order valence-electron chi connectivity index (χ2n) is 6.43. The highest BCUT2D eigenvalue weighted by Gasteiger charge is 2.24. The monoisotopic (exact) mass is 312 g/mol. The van der Waals surface area contributed by atoms with E-state index < -0.39 is 10.0 Å². The van der Waals surface area contributed by atoms with Gasteiger partial charge in [-0.15, -0.1) is 0 Å². The van der Waals surface area contributed by atoms with Crippen molar-refractivity contribution < 1.29 is 8.42 Å². The van der Waals surface area contributed by atoms with E-state index in [2.05, 4.69) is 37.7 Å². The van der Waals surface area contributed by atoms with Crippen LogP contribution >= 0.6 is 0 Å². The molecule has 0 aliphatic heterocycles. The first-order chi connectivity index (χ1) is 9.70. The Morgan fingerprint density at radius 1 is 1.14 bits per heavy atom. The van der Waals surface area contributed by atoms with E-state index in [4.69, 9.17) is 0 Å². The first-order valence-electron chi connectivity index (χ1n) is 7.46. The molecule has 0 spiro atoms. The SMILES string of the molecule is CCCNC(Cc1ccc(S(=O)(=O)NC)cc1)C(C)(C)C. The third-order valence-corrected chi connectivity index (χ3v) is 5.06. The van der Waals surface area contributed by atoms with E-state index in [1.54, 1.807) is 12.1 Å². The Kier molecular flexibility index (Phi) is 6.38. The Labute approximate surface area is 129 Å². The zero-order chi connectivity index (χ0) is 16.1. The molecule has 120 valence electrons. The predicted molar refractivity (Wildman–Crippen MR) is 87.9 cm³/mol. The van der Waals surface area contributed by atoms with E-state index in [1.165, 1.54) is 7.05 Å². The van der Waals surface area contributed by atoms with Crippen molar-refractivity contribution in [3.63, 3.8) is 0 Å². The molecule has 5 heteroatoms. The summed E-state index contributed by atoms with van der Waals surface area (Å²) in [7, 11) is -1.93. The van der Waals surface area contributed by atoms with Crippen molar-refractivity contribution >= 4 is 10.0 Å². The molecule has 0 aromatic heterocycles. The van der Waals surface area contributed by atoms with Crippen molar-refractivity contribution in [2.24, 2.45) is 5.41 Å². The summed E-state index contributed by atoms with van der Waals surface area (Å²) in [5.41, 5.74) is 1.30. The van der Waals surface area contributed by atoms with Gasteiger partial charge in [0.05, 0.1) is 4.90 Å². The first kappa shape index (κ1) is 18.1. The van der Waals surface area contributed by atoms with E-state index in [9.17, 15) is 8.42 Å². The summed E-state index contributed by atoms with van der Waals surface area (Å²) in [6, 6.07) is 7.50. The van der Waals surface area contributed by atoms with Crippen LogP contribution in [0.2, 0.25) is 0 Å². The van der Waals surface area contributed by atoms with Crippen LogP contribution in [-0.2, 0) is 16.4 Å². The van der Waals surface area contributed by atoms with Gasteiger partial charge in [-0.05, 0) is 49.5 Å². The minimum absolute atomic E-state index is 0.158. The van der Waals surface area contributed by atoms with Crippen molar-refractivity contribution in [3.8, 4) is 0 Å². The largest absolute Gasteiger partial charge is 0.313 e. The van der Waals surface area contributed by atoms with Gasteiger partial charge in [0.15, 0.2) is 0 Å². The molecular weight excluding hydrogens is 284 g/mol. The minimum atomic E-state index is -3.35. The summed E-state index contributed by atoms with van der Waals surface area (Å²) in [6.07, 6.45) is 2.00. The van der Waals surface area contributed by atoms with Crippen molar-refractivity contribution in [3.05, 3.63) is 29.8 Å². The van der Waals surface area contributed by atoms with E-state index in [1.807, 2.05) is 12.1 Å². The van der Waals surface area contributed by atoms with Gasteiger partial charge in [0.25, 0.3) is 0 Å². The van der Waals surface area contributed by atoms with Crippen molar-refractivity contribution in [1.82, 2.24) is 10.0 Å². The number of hydrogen-bond donors (Lipinski definition) is 2. The molecular formula is C16H28N2O2S. The predicted octanol–water partition coefficient (Wildman–Crippen LogP) is 2.55. The Morgan fingerprint density at radius 3 is 2.14 bits per heavy atom. The van der Waals surface area contributed by atoms with Crippen LogP contribution in [-0.4, -0.2) is 28.1 Å². The number of nitrogens with one attached hydrogen (secondary N) is 2. The van der Waals surface area contributed by atoms with Crippen molar-refractivity contribution in [2.75, 3.05) is 13.6 Å². The van der Waals surface area contributed by atoms with E-state index in [0.29, 0.717) is 10.9 Å². The number of rotatable bonds is 7. The molecule has 0 bridgehead atoms. The lowest BCUT2D eigenvalue weighted by Crippen LogP contribution is -2.42. The number of benzene rings is 1. The molecule has 0 heterocycles. The van der Waals surface area contributed by atoms with Gasteiger partial charge < -0.3 is 5.32 Å². The number of sulfonamides is 1. The fourth-order valence-corrected chi connectivity index (χ4v) is 2.89. The highest BCUT2D eigenvalue weighted by Crippen LogP contribution is 2.23. The second-order valence-corrected chi connectivity index (χ2v) is 8.31. The highest BCUT2D eigenvalue weighted by molar-refractivity contribution is 7.89. The van der Waals surface area contributed by atoms with Gasteiger partial charge in [-0.2, -0.15) is 0 Å². The van der Waals surface area contributed by atoms with Gasteiger partial charge in [-0.1, -0.05) is 39.8 Å². The fraction of sp³-hybridized carbons (Fsp3) is 0.625. The van der Waals surface area contributed by atoms with Crippen LogP contribution in [0.15, 0.2) is 29.2 Å².